The Hall–Kier alpha value is -3.66. The Balaban J connectivity index is 1.41. The molecule has 0 radical (unpaired) electrons. The van der Waals surface area contributed by atoms with E-state index in [0.717, 1.165) is 28.9 Å². The number of benzene rings is 3. The molecule has 1 amide bonds. The summed E-state index contributed by atoms with van der Waals surface area (Å²) in [6, 6.07) is 25.6. The fourth-order valence-electron chi connectivity index (χ4n) is 2.93. The SMILES string of the molecule is O=C(Nc1ccc(Cn2ccnc2)cc1)c1ccc(-c2ccccc2)cc1. The molecule has 4 heteroatoms. The molecule has 0 spiro atoms. The van der Waals surface area contributed by atoms with E-state index in [4.69, 9.17) is 0 Å². The molecule has 0 aliphatic heterocycles. The van der Waals surface area contributed by atoms with Crippen LogP contribution in [0, 0.1) is 0 Å². The van der Waals surface area contributed by atoms with Gasteiger partial charge in [0.1, 0.15) is 0 Å². The third-order valence-electron chi connectivity index (χ3n) is 4.39. The number of rotatable bonds is 5. The highest BCUT2D eigenvalue weighted by atomic mass is 16.1. The van der Waals surface area contributed by atoms with Gasteiger partial charge in [0, 0.05) is 30.2 Å². The maximum absolute atomic E-state index is 12.5. The zero-order chi connectivity index (χ0) is 18.5. The highest BCUT2D eigenvalue weighted by molar-refractivity contribution is 6.04. The average Bonchev–Trinajstić information content (AvgIpc) is 3.23. The molecule has 1 aromatic heterocycles. The van der Waals surface area contributed by atoms with Gasteiger partial charge in [-0.05, 0) is 41.0 Å². The van der Waals surface area contributed by atoms with Gasteiger partial charge in [-0.1, -0.05) is 54.6 Å². The molecule has 0 atom stereocenters. The third kappa shape index (κ3) is 4.12. The van der Waals surface area contributed by atoms with Crippen molar-refractivity contribution >= 4 is 11.6 Å². The van der Waals surface area contributed by atoms with Crippen molar-refractivity contribution in [2.75, 3.05) is 5.32 Å². The molecule has 0 saturated carbocycles. The molecule has 1 heterocycles. The normalized spacial score (nSPS) is 10.5. The Morgan fingerprint density at radius 2 is 1.56 bits per heavy atom. The van der Waals surface area contributed by atoms with Crippen LogP contribution in [0.15, 0.2) is 97.6 Å². The van der Waals surface area contributed by atoms with E-state index < -0.39 is 0 Å². The Bertz CT molecular complexity index is 1010. The lowest BCUT2D eigenvalue weighted by atomic mass is 10.0. The molecular weight excluding hydrogens is 334 g/mol. The molecule has 0 bridgehead atoms. The van der Waals surface area contributed by atoms with Gasteiger partial charge in [0.15, 0.2) is 0 Å². The van der Waals surface area contributed by atoms with Crippen LogP contribution in [0.4, 0.5) is 5.69 Å². The van der Waals surface area contributed by atoms with E-state index in [9.17, 15) is 4.79 Å². The monoisotopic (exact) mass is 353 g/mol. The van der Waals surface area contributed by atoms with E-state index in [0.29, 0.717) is 5.56 Å². The minimum Gasteiger partial charge on any atom is -0.333 e. The molecule has 4 aromatic rings. The minimum absolute atomic E-state index is 0.114. The molecule has 0 aliphatic rings. The van der Waals surface area contributed by atoms with Crippen LogP contribution in [0.2, 0.25) is 0 Å². The lowest BCUT2D eigenvalue weighted by molar-refractivity contribution is 0.102. The highest BCUT2D eigenvalue weighted by Crippen LogP contribution is 2.20. The van der Waals surface area contributed by atoms with Crippen molar-refractivity contribution in [1.82, 2.24) is 9.55 Å². The molecule has 0 unspecified atom stereocenters. The van der Waals surface area contributed by atoms with E-state index in [1.54, 1.807) is 12.5 Å². The number of hydrogen-bond acceptors (Lipinski definition) is 2. The Kier molecular flexibility index (Phi) is 4.79. The van der Waals surface area contributed by atoms with Crippen LogP contribution in [0.5, 0.6) is 0 Å². The first-order valence-corrected chi connectivity index (χ1v) is 8.79. The second-order valence-corrected chi connectivity index (χ2v) is 6.33. The van der Waals surface area contributed by atoms with Crippen molar-refractivity contribution < 1.29 is 4.79 Å². The number of carbonyl (C=O) groups excluding carboxylic acids is 1. The van der Waals surface area contributed by atoms with E-state index in [1.165, 1.54) is 0 Å². The number of amides is 1. The zero-order valence-electron chi connectivity index (χ0n) is 14.7. The summed E-state index contributed by atoms with van der Waals surface area (Å²) >= 11 is 0. The molecule has 132 valence electrons. The molecule has 4 nitrogen and oxygen atoms in total. The fraction of sp³-hybridized carbons (Fsp3) is 0.0435. The standard InChI is InChI=1S/C23H19N3O/c27-23(21-10-8-20(9-11-21)19-4-2-1-3-5-19)25-22-12-6-18(7-13-22)16-26-15-14-24-17-26/h1-15,17H,16H2,(H,25,27). The van der Waals surface area contributed by atoms with E-state index in [2.05, 4.69) is 22.4 Å². The summed E-state index contributed by atoms with van der Waals surface area (Å²) in [4.78, 5) is 16.5. The summed E-state index contributed by atoms with van der Waals surface area (Å²) in [5, 5.41) is 2.95. The molecular formula is C23H19N3O. The number of nitrogens with zero attached hydrogens (tertiary/aromatic N) is 2. The summed E-state index contributed by atoms with van der Waals surface area (Å²) in [6.07, 6.45) is 5.47. The number of aromatic nitrogens is 2. The first-order chi connectivity index (χ1) is 13.3. The highest BCUT2D eigenvalue weighted by Gasteiger charge is 2.07. The largest absolute Gasteiger partial charge is 0.333 e. The van der Waals surface area contributed by atoms with Gasteiger partial charge >= 0.3 is 0 Å². The summed E-state index contributed by atoms with van der Waals surface area (Å²) < 4.78 is 2.00. The summed E-state index contributed by atoms with van der Waals surface area (Å²) in [6.45, 7) is 0.759. The average molecular weight is 353 g/mol. The van der Waals surface area contributed by atoms with Crippen molar-refractivity contribution in [3.8, 4) is 11.1 Å². The van der Waals surface area contributed by atoms with Crippen molar-refractivity contribution in [2.24, 2.45) is 0 Å². The second-order valence-electron chi connectivity index (χ2n) is 6.33. The van der Waals surface area contributed by atoms with E-state index in [1.807, 2.05) is 77.5 Å². The molecule has 1 N–H and O–H groups in total. The van der Waals surface area contributed by atoms with Crippen LogP contribution in [0.1, 0.15) is 15.9 Å². The summed E-state index contributed by atoms with van der Waals surface area (Å²) in [5.41, 5.74) is 4.80. The summed E-state index contributed by atoms with van der Waals surface area (Å²) in [7, 11) is 0. The Labute approximate surface area is 158 Å². The lowest BCUT2D eigenvalue weighted by Gasteiger charge is -2.08. The third-order valence-corrected chi connectivity index (χ3v) is 4.39. The van der Waals surface area contributed by atoms with Gasteiger partial charge in [-0.3, -0.25) is 4.79 Å². The Morgan fingerprint density at radius 1 is 0.852 bits per heavy atom. The molecule has 0 saturated heterocycles. The van der Waals surface area contributed by atoms with Gasteiger partial charge in [-0.25, -0.2) is 4.98 Å². The quantitative estimate of drug-likeness (QED) is 0.557. The maximum Gasteiger partial charge on any atom is 0.255 e. The van der Waals surface area contributed by atoms with Crippen molar-refractivity contribution in [3.05, 3.63) is 109 Å². The summed E-state index contributed by atoms with van der Waals surface area (Å²) in [5.74, 6) is -0.114. The molecule has 4 rings (SSSR count). The first-order valence-electron chi connectivity index (χ1n) is 8.79. The van der Waals surface area contributed by atoms with Crippen molar-refractivity contribution in [1.29, 1.82) is 0 Å². The van der Waals surface area contributed by atoms with Crippen LogP contribution >= 0.6 is 0 Å². The zero-order valence-corrected chi connectivity index (χ0v) is 14.7. The van der Waals surface area contributed by atoms with Crippen LogP contribution in [-0.4, -0.2) is 15.5 Å². The van der Waals surface area contributed by atoms with Gasteiger partial charge in [-0.15, -0.1) is 0 Å². The smallest absolute Gasteiger partial charge is 0.255 e. The number of anilines is 1. The van der Waals surface area contributed by atoms with Gasteiger partial charge in [-0.2, -0.15) is 0 Å². The molecule has 0 aliphatic carbocycles. The van der Waals surface area contributed by atoms with Crippen molar-refractivity contribution in [2.45, 2.75) is 6.54 Å². The van der Waals surface area contributed by atoms with Crippen molar-refractivity contribution in [3.63, 3.8) is 0 Å². The van der Waals surface area contributed by atoms with Crippen LogP contribution in [0.3, 0.4) is 0 Å². The van der Waals surface area contributed by atoms with E-state index >= 15 is 0 Å². The number of imidazole rings is 1. The van der Waals surface area contributed by atoms with Crippen LogP contribution in [-0.2, 0) is 6.54 Å². The number of carbonyl (C=O) groups is 1. The van der Waals surface area contributed by atoms with Gasteiger partial charge < -0.3 is 9.88 Å². The molecule has 3 aromatic carbocycles. The molecule has 0 fully saturated rings. The minimum atomic E-state index is -0.114. The van der Waals surface area contributed by atoms with Gasteiger partial charge in [0.25, 0.3) is 5.91 Å². The predicted molar refractivity (Wildman–Crippen MR) is 108 cm³/mol. The molecule has 27 heavy (non-hydrogen) atoms. The first kappa shape index (κ1) is 16.8. The number of nitrogens with one attached hydrogen (secondary N) is 1. The number of hydrogen-bond donors (Lipinski definition) is 1. The van der Waals surface area contributed by atoms with Gasteiger partial charge in [0.05, 0.1) is 6.33 Å². The Morgan fingerprint density at radius 3 is 2.22 bits per heavy atom. The second kappa shape index (κ2) is 7.70. The van der Waals surface area contributed by atoms with Crippen LogP contribution < -0.4 is 5.32 Å². The lowest BCUT2D eigenvalue weighted by Crippen LogP contribution is -2.11. The fourth-order valence-corrected chi connectivity index (χ4v) is 2.93. The maximum atomic E-state index is 12.5. The van der Waals surface area contributed by atoms with Gasteiger partial charge in [0.2, 0.25) is 0 Å². The topological polar surface area (TPSA) is 46.9 Å². The van der Waals surface area contributed by atoms with E-state index in [-0.39, 0.29) is 5.91 Å². The van der Waals surface area contributed by atoms with Crippen LogP contribution in [0.25, 0.3) is 11.1 Å². The predicted octanol–water partition coefficient (Wildman–Crippen LogP) is 4.85.